The number of carbonyl (C=O) groups excluding carboxylic acids is 2. The number of aryl methyl sites for hydroxylation is 1. The molecule has 0 aliphatic carbocycles. The van der Waals surface area contributed by atoms with E-state index in [4.69, 9.17) is 9.15 Å². The summed E-state index contributed by atoms with van der Waals surface area (Å²) in [7, 11) is 0. The van der Waals surface area contributed by atoms with Crippen molar-refractivity contribution in [1.29, 1.82) is 0 Å². The van der Waals surface area contributed by atoms with Gasteiger partial charge in [-0.3, -0.25) is 19.2 Å². The Morgan fingerprint density at radius 2 is 1.86 bits per heavy atom. The highest BCUT2D eigenvalue weighted by atomic mass is 16.5. The molecule has 0 aromatic carbocycles. The summed E-state index contributed by atoms with van der Waals surface area (Å²) in [6.45, 7) is 11.6. The zero-order valence-electron chi connectivity index (χ0n) is 21.6. The molecule has 3 fully saturated rings. The third kappa shape index (κ3) is 4.90. The van der Waals surface area contributed by atoms with Crippen LogP contribution in [0.5, 0.6) is 0 Å². The first kappa shape index (κ1) is 24.9. The van der Waals surface area contributed by atoms with Crippen LogP contribution in [-0.2, 0) is 16.1 Å². The number of likely N-dealkylation sites (tertiary alicyclic amines) is 2. The van der Waals surface area contributed by atoms with Crippen LogP contribution < -0.4 is 0 Å². The predicted octanol–water partition coefficient (Wildman–Crippen LogP) is 1.94. The lowest BCUT2D eigenvalue weighted by molar-refractivity contribution is -0.136. The number of hydrogen-bond acceptors (Lipinski definition) is 8. The normalized spacial score (nSPS) is 22.6. The maximum Gasteiger partial charge on any atom is 0.272 e. The summed E-state index contributed by atoms with van der Waals surface area (Å²) in [6.07, 6.45) is 4.28. The van der Waals surface area contributed by atoms with Crippen molar-refractivity contribution >= 4 is 11.8 Å². The molecule has 196 valence electrons. The Morgan fingerprint density at radius 1 is 1.11 bits per heavy atom. The lowest BCUT2D eigenvalue weighted by Crippen LogP contribution is -2.47. The van der Waals surface area contributed by atoms with Crippen molar-refractivity contribution in [3.63, 3.8) is 0 Å². The summed E-state index contributed by atoms with van der Waals surface area (Å²) < 4.78 is 13.2. The van der Waals surface area contributed by atoms with Gasteiger partial charge in [0, 0.05) is 51.4 Å². The molecule has 36 heavy (non-hydrogen) atoms. The van der Waals surface area contributed by atoms with E-state index >= 15 is 0 Å². The highest BCUT2D eigenvalue weighted by molar-refractivity contribution is 5.92. The molecule has 3 saturated heterocycles. The van der Waals surface area contributed by atoms with Gasteiger partial charge in [-0.15, -0.1) is 10.2 Å². The van der Waals surface area contributed by atoms with E-state index in [0.717, 1.165) is 25.8 Å². The Kier molecular flexibility index (Phi) is 7.11. The minimum Gasteiger partial charge on any atom is -0.423 e. The van der Waals surface area contributed by atoms with Crippen LogP contribution in [0.3, 0.4) is 0 Å². The third-order valence-corrected chi connectivity index (χ3v) is 7.89. The van der Waals surface area contributed by atoms with E-state index in [0.29, 0.717) is 70.0 Å². The molecule has 2 aromatic heterocycles. The Labute approximate surface area is 211 Å². The number of carbonyl (C=O) groups is 2. The fourth-order valence-corrected chi connectivity index (χ4v) is 5.73. The smallest absolute Gasteiger partial charge is 0.272 e. The van der Waals surface area contributed by atoms with Crippen LogP contribution in [0.15, 0.2) is 16.7 Å². The number of piperidine rings is 1. The largest absolute Gasteiger partial charge is 0.423 e. The molecular weight excluding hydrogens is 462 g/mol. The number of nitrogens with zero attached hydrogens (tertiary/aromatic N) is 7. The van der Waals surface area contributed by atoms with Gasteiger partial charge in [0.25, 0.3) is 5.91 Å². The van der Waals surface area contributed by atoms with Gasteiger partial charge in [-0.2, -0.15) is 5.10 Å². The van der Waals surface area contributed by atoms with Crippen LogP contribution in [0.25, 0.3) is 0 Å². The molecule has 1 atom stereocenters. The Balaban J connectivity index is 1.30. The first-order valence-corrected chi connectivity index (χ1v) is 13.1. The van der Waals surface area contributed by atoms with Gasteiger partial charge in [-0.05, 0) is 37.7 Å². The molecular formula is C25H37N7O4. The molecule has 0 N–H and O–H groups in total. The van der Waals surface area contributed by atoms with Gasteiger partial charge in [0.05, 0.1) is 25.8 Å². The van der Waals surface area contributed by atoms with Crippen molar-refractivity contribution in [3.8, 4) is 0 Å². The zero-order valence-corrected chi connectivity index (χ0v) is 21.6. The minimum atomic E-state index is -0.0984. The summed E-state index contributed by atoms with van der Waals surface area (Å²) in [5.41, 5.74) is 0.645. The monoisotopic (exact) mass is 499 g/mol. The molecule has 0 saturated carbocycles. The third-order valence-electron chi connectivity index (χ3n) is 7.89. The maximum absolute atomic E-state index is 13.1. The van der Waals surface area contributed by atoms with E-state index in [-0.39, 0.29) is 29.2 Å². The van der Waals surface area contributed by atoms with Crippen LogP contribution in [0.1, 0.15) is 74.3 Å². The maximum atomic E-state index is 13.1. The number of hydrogen-bond donors (Lipinski definition) is 0. The highest BCUT2D eigenvalue weighted by Crippen LogP contribution is 2.49. The molecule has 0 radical (unpaired) electrons. The topological polar surface area (TPSA) is 110 Å². The summed E-state index contributed by atoms with van der Waals surface area (Å²) >= 11 is 0. The Bertz CT molecular complexity index is 1070. The van der Waals surface area contributed by atoms with Gasteiger partial charge in [0.2, 0.25) is 17.7 Å². The van der Waals surface area contributed by atoms with Crippen molar-refractivity contribution in [2.24, 2.45) is 5.41 Å². The molecule has 0 bridgehead atoms. The molecule has 11 nitrogen and oxygen atoms in total. The second-order valence-electron chi connectivity index (χ2n) is 10.6. The minimum absolute atomic E-state index is 0.00417. The predicted molar refractivity (Wildman–Crippen MR) is 130 cm³/mol. The summed E-state index contributed by atoms with van der Waals surface area (Å²) in [5.74, 6) is 1.52. The van der Waals surface area contributed by atoms with Gasteiger partial charge in [0.15, 0.2) is 0 Å². The van der Waals surface area contributed by atoms with Gasteiger partial charge in [0.1, 0.15) is 5.69 Å². The number of amides is 2. The number of rotatable bonds is 6. The number of morpholine rings is 1. The lowest BCUT2D eigenvalue weighted by atomic mass is 9.76. The molecule has 2 amide bonds. The molecule has 5 rings (SSSR count). The van der Waals surface area contributed by atoms with E-state index in [2.05, 4.69) is 20.2 Å². The van der Waals surface area contributed by atoms with E-state index in [1.165, 1.54) is 0 Å². The molecule has 1 unspecified atom stereocenters. The lowest BCUT2D eigenvalue weighted by Gasteiger charge is -2.39. The number of ether oxygens (including phenoxy) is 1. The second-order valence-corrected chi connectivity index (χ2v) is 10.6. The van der Waals surface area contributed by atoms with Crippen molar-refractivity contribution in [1.82, 2.24) is 34.7 Å². The SMILES string of the molecule is CCn1nccc1C(=O)N1CCC2(CC1)CC(c1nnc(C(C)C)o1)N(CC(=O)N1CCOCC1)C2. The first-order valence-electron chi connectivity index (χ1n) is 13.1. The second kappa shape index (κ2) is 10.3. The van der Waals surface area contributed by atoms with E-state index in [1.54, 1.807) is 16.9 Å². The molecule has 3 aliphatic heterocycles. The van der Waals surface area contributed by atoms with E-state index < -0.39 is 0 Å². The van der Waals surface area contributed by atoms with Crippen molar-refractivity contribution < 1.29 is 18.7 Å². The van der Waals surface area contributed by atoms with Crippen LogP contribution in [0.4, 0.5) is 0 Å². The Morgan fingerprint density at radius 3 is 2.53 bits per heavy atom. The standard InChI is InChI=1S/C25H37N7O4/c1-4-32-19(5-8-26-32)24(34)30-9-6-25(7-10-30)15-20(23-28-27-22(36-23)18(2)3)31(17-25)16-21(33)29-11-13-35-14-12-29/h5,8,18,20H,4,6-7,9-17H2,1-3H3. The fourth-order valence-electron chi connectivity index (χ4n) is 5.73. The Hall–Kier alpha value is -2.79. The number of aromatic nitrogens is 4. The average Bonchev–Trinajstić information content (AvgIpc) is 3.64. The fraction of sp³-hybridized carbons (Fsp3) is 0.720. The van der Waals surface area contributed by atoms with Crippen LogP contribution in [0, 0.1) is 5.41 Å². The highest BCUT2D eigenvalue weighted by Gasteiger charge is 2.49. The van der Waals surface area contributed by atoms with Crippen LogP contribution >= 0.6 is 0 Å². The molecule has 5 heterocycles. The summed E-state index contributed by atoms with van der Waals surface area (Å²) in [4.78, 5) is 32.3. The molecule has 3 aliphatic rings. The van der Waals surface area contributed by atoms with E-state index in [9.17, 15) is 9.59 Å². The summed E-state index contributed by atoms with van der Waals surface area (Å²) in [6, 6.07) is 1.70. The summed E-state index contributed by atoms with van der Waals surface area (Å²) in [5, 5.41) is 12.9. The molecule has 1 spiro atoms. The van der Waals surface area contributed by atoms with Crippen LogP contribution in [-0.4, -0.2) is 99.0 Å². The van der Waals surface area contributed by atoms with Gasteiger partial charge >= 0.3 is 0 Å². The zero-order chi connectivity index (χ0) is 25.3. The van der Waals surface area contributed by atoms with Crippen molar-refractivity contribution in [2.45, 2.75) is 58.5 Å². The average molecular weight is 500 g/mol. The van der Waals surface area contributed by atoms with Gasteiger partial charge in [-0.1, -0.05) is 13.8 Å². The van der Waals surface area contributed by atoms with Crippen molar-refractivity contribution in [2.75, 3.05) is 52.5 Å². The van der Waals surface area contributed by atoms with Gasteiger partial charge in [-0.25, -0.2) is 0 Å². The first-order chi connectivity index (χ1) is 17.4. The molecule has 2 aromatic rings. The quantitative estimate of drug-likeness (QED) is 0.593. The van der Waals surface area contributed by atoms with E-state index in [1.807, 2.05) is 30.6 Å². The van der Waals surface area contributed by atoms with Crippen molar-refractivity contribution in [3.05, 3.63) is 29.7 Å². The molecule has 11 heteroatoms. The van der Waals surface area contributed by atoms with Crippen LogP contribution in [0.2, 0.25) is 0 Å². The van der Waals surface area contributed by atoms with Gasteiger partial charge < -0.3 is 19.0 Å².